The smallest absolute Gasteiger partial charge is 0.275 e. The Bertz CT molecular complexity index is 1310. The SMILES string of the molecule is Cc1ccc(NC(=O)c2cnc3c(c2)C(F)(F)CC3)cc1-c1cc(OCCO)nc(N2CCOCC2)c1. The Kier molecular flexibility index (Phi) is 7.03. The number of carbonyl (C=O) groups is 1. The van der Waals surface area contributed by atoms with E-state index >= 15 is 0 Å². The summed E-state index contributed by atoms with van der Waals surface area (Å²) >= 11 is 0. The maximum Gasteiger partial charge on any atom is 0.275 e. The molecule has 2 aliphatic rings. The van der Waals surface area contributed by atoms with E-state index in [0.717, 1.165) is 22.5 Å². The molecule has 2 aromatic heterocycles. The summed E-state index contributed by atoms with van der Waals surface area (Å²) in [5.74, 6) is -2.37. The van der Waals surface area contributed by atoms with Crippen LogP contribution in [0.5, 0.6) is 5.88 Å². The van der Waals surface area contributed by atoms with Gasteiger partial charge in [-0.1, -0.05) is 6.07 Å². The minimum Gasteiger partial charge on any atom is -0.475 e. The average molecular weight is 511 g/mol. The number of alkyl halides is 2. The fraction of sp³-hybridized carbons (Fsp3) is 0.370. The van der Waals surface area contributed by atoms with Crippen LogP contribution in [-0.2, 0) is 17.1 Å². The van der Waals surface area contributed by atoms with E-state index in [1.807, 2.05) is 25.1 Å². The highest BCUT2D eigenvalue weighted by molar-refractivity contribution is 6.04. The minimum atomic E-state index is -2.97. The molecule has 0 atom stereocenters. The van der Waals surface area contributed by atoms with E-state index in [9.17, 15) is 18.7 Å². The maximum absolute atomic E-state index is 14.2. The lowest BCUT2D eigenvalue weighted by molar-refractivity contribution is -0.00189. The van der Waals surface area contributed by atoms with Crippen LogP contribution in [0.1, 0.15) is 33.6 Å². The number of nitrogens with zero attached hydrogens (tertiary/aromatic N) is 3. The number of aliphatic hydroxyl groups is 1. The predicted molar refractivity (Wildman–Crippen MR) is 134 cm³/mol. The van der Waals surface area contributed by atoms with Gasteiger partial charge in [-0.15, -0.1) is 0 Å². The summed E-state index contributed by atoms with van der Waals surface area (Å²) in [5, 5.41) is 12.0. The fourth-order valence-electron chi connectivity index (χ4n) is 4.58. The van der Waals surface area contributed by atoms with Gasteiger partial charge in [0.1, 0.15) is 12.4 Å². The Hall–Kier alpha value is -3.63. The molecule has 1 aromatic carbocycles. The summed E-state index contributed by atoms with van der Waals surface area (Å²) in [6.45, 7) is 4.52. The monoisotopic (exact) mass is 510 g/mol. The zero-order valence-electron chi connectivity index (χ0n) is 20.5. The van der Waals surface area contributed by atoms with E-state index in [2.05, 4.69) is 20.2 Å². The second kappa shape index (κ2) is 10.4. The summed E-state index contributed by atoms with van der Waals surface area (Å²) < 4.78 is 39.4. The van der Waals surface area contributed by atoms with Gasteiger partial charge in [0.25, 0.3) is 11.8 Å². The quantitative estimate of drug-likeness (QED) is 0.497. The number of nitrogens with one attached hydrogen (secondary N) is 1. The molecule has 1 amide bonds. The van der Waals surface area contributed by atoms with Gasteiger partial charge in [0.15, 0.2) is 0 Å². The van der Waals surface area contributed by atoms with Crippen LogP contribution in [0.2, 0.25) is 0 Å². The number of halogens is 2. The standard InChI is InChI=1S/C27H28F2N4O4/c1-17-2-3-20(31-26(35)19-12-22-23(30-16-19)4-5-27(22,28)29)15-21(17)18-13-24(33-6-9-36-10-7-33)32-25(14-18)37-11-8-34/h2-3,12-16,34H,4-11H2,1H3,(H,31,35). The van der Waals surface area contributed by atoms with Gasteiger partial charge in [0.05, 0.1) is 25.4 Å². The van der Waals surface area contributed by atoms with Gasteiger partial charge in [0.2, 0.25) is 5.88 Å². The third-order valence-electron chi connectivity index (χ3n) is 6.57. The molecule has 0 unspecified atom stereocenters. The summed E-state index contributed by atoms with van der Waals surface area (Å²) in [6, 6.07) is 10.5. The van der Waals surface area contributed by atoms with E-state index in [1.165, 1.54) is 12.3 Å². The lowest BCUT2D eigenvalue weighted by atomic mass is 10.00. The van der Waals surface area contributed by atoms with Gasteiger partial charge in [-0.05, 0) is 54.3 Å². The Morgan fingerprint density at radius 1 is 1.22 bits per heavy atom. The molecule has 2 N–H and O–H groups in total. The van der Waals surface area contributed by atoms with Gasteiger partial charge in [-0.2, -0.15) is 4.98 Å². The zero-order chi connectivity index (χ0) is 26.0. The molecule has 5 rings (SSSR count). The van der Waals surface area contributed by atoms with Crippen molar-refractivity contribution in [3.63, 3.8) is 0 Å². The Labute approximate surface area is 213 Å². The maximum atomic E-state index is 14.2. The van der Waals surface area contributed by atoms with Crippen molar-refractivity contribution in [3.8, 4) is 17.0 Å². The first-order valence-corrected chi connectivity index (χ1v) is 12.2. The number of amides is 1. The second-order valence-electron chi connectivity index (χ2n) is 9.13. The molecule has 194 valence electrons. The largest absolute Gasteiger partial charge is 0.475 e. The number of ether oxygens (including phenoxy) is 2. The Morgan fingerprint density at radius 2 is 2.03 bits per heavy atom. The number of hydrogen-bond acceptors (Lipinski definition) is 7. The second-order valence-corrected chi connectivity index (χ2v) is 9.13. The molecule has 1 aliphatic carbocycles. The number of aromatic nitrogens is 2. The fourth-order valence-corrected chi connectivity index (χ4v) is 4.58. The van der Waals surface area contributed by atoms with Crippen LogP contribution in [-0.4, -0.2) is 60.5 Å². The molecule has 3 aromatic rings. The highest BCUT2D eigenvalue weighted by Crippen LogP contribution is 2.41. The number of aliphatic hydroxyl groups excluding tert-OH is 1. The molecule has 0 bridgehead atoms. The first-order valence-electron chi connectivity index (χ1n) is 12.2. The Morgan fingerprint density at radius 3 is 2.81 bits per heavy atom. The predicted octanol–water partition coefficient (Wildman–Crippen LogP) is 3.95. The highest BCUT2D eigenvalue weighted by Gasteiger charge is 2.40. The first kappa shape index (κ1) is 25.0. The van der Waals surface area contributed by atoms with E-state index in [4.69, 9.17) is 9.47 Å². The van der Waals surface area contributed by atoms with Crippen LogP contribution in [0.25, 0.3) is 11.1 Å². The third kappa shape index (κ3) is 5.40. The zero-order valence-corrected chi connectivity index (χ0v) is 20.5. The number of rotatable bonds is 7. The molecule has 1 saturated heterocycles. The number of fused-ring (bicyclic) bond motifs is 1. The van der Waals surface area contributed by atoms with Crippen LogP contribution >= 0.6 is 0 Å². The molecule has 10 heteroatoms. The number of morpholine rings is 1. The van der Waals surface area contributed by atoms with E-state index in [-0.39, 0.29) is 37.2 Å². The van der Waals surface area contributed by atoms with E-state index in [1.54, 1.807) is 12.1 Å². The van der Waals surface area contributed by atoms with Crippen molar-refractivity contribution in [2.24, 2.45) is 0 Å². The van der Waals surface area contributed by atoms with E-state index in [0.29, 0.717) is 43.6 Å². The molecule has 0 saturated carbocycles. The molecule has 0 radical (unpaired) electrons. The Balaban J connectivity index is 1.44. The summed E-state index contributed by atoms with van der Waals surface area (Å²) in [6.07, 6.45) is 1.25. The topological polar surface area (TPSA) is 96.8 Å². The van der Waals surface area contributed by atoms with Crippen LogP contribution < -0.4 is 15.0 Å². The van der Waals surface area contributed by atoms with Gasteiger partial charge < -0.3 is 24.8 Å². The normalized spacial score (nSPS) is 16.4. The lowest BCUT2D eigenvalue weighted by Crippen LogP contribution is -2.36. The number of carbonyl (C=O) groups excluding carboxylic acids is 1. The summed E-state index contributed by atoms with van der Waals surface area (Å²) in [4.78, 5) is 23.7. The number of aryl methyl sites for hydroxylation is 2. The molecule has 1 fully saturated rings. The van der Waals surface area contributed by atoms with Gasteiger partial charge in [-0.3, -0.25) is 9.78 Å². The number of pyridine rings is 2. The molecule has 1 aliphatic heterocycles. The third-order valence-corrected chi connectivity index (χ3v) is 6.57. The van der Waals surface area contributed by atoms with Gasteiger partial charge >= 0.3 is 0 Å². The van der Waals surface area contributed by atoms with Crippen molar-refractivity contribution in [2.75, 3.05) is 49.7 Å². The van der Waals surface area contributed by atoms with Crippen molar-refractivity contribution < 1.29 is 28.2 Å². The molecule has 0 spiro atoms. The van der Waals surface area contributed by atoms with Crippen LogP contribution in [0, 0.1) is 6.92 Å². The number of benzene rings is 1. The van der Waals surface area contributed by atoms with Gasteiger partial charge in [-0.25, -0.2) is 8.78 Å². The van der Waals surface area contributed by atoms with Crippen molar-refractivity contribution in [3.05, 3.63) is 65.0 Å². The van der Waals surface area contributed by atoms with Crippen LogP contribution in [0.3, 0.4) is 0 Å². The highest BCUT2D eigenvalue weighted by atomic mass is 19.3. The number of anilines is 2. The first-order chi connectivity index (χ1) is 17.8. The molecule has 37 heavy (non-hydrogen) atoms. The minimum absolute atomic E-state index is 0.0839. The van der Waals surface area contributed by atoms with Crippen molar-refractivity contribution in [2.45, 2.75) is 25.7 Å². The summed E-state index contributed by atoms with van der Waals surface area (Å²) in [7, 11) is 0. The molecular formula is C27H28F2N4O4. The summed E-state index contributed by atoms with van der Waals surface area (Å²) in [5.41, 5.74) is 3.41. The number of hydrogen-bond donors (Lipinski definition) is 2. The molecule has 3 heterocycles. The molecular weight excluding hydrogens is 482 g/mol. The van der Waals surface area contributed by atoms with Crippen molar-refractivity contribution >= 4 is 17.4 Å². The average Bonchev–Trinajstić information content (AvgIpc) is 3.22. The molecule has 8 nitrogen and oxygen atoms in total. The van der Waals surface area contributed by atoms with Crippen LogP contribution in [0.15, 0.2) is 42.6 Å². The van der Waals surface area contributed by atoms with E-state index < -0.39 is 11.8 Å². The van der Waals surface area contributed by atoms with Crippen molar-refractivity contribution in [1.82, 2.24) is 9.97 Å². The van der Waals surface area contributed by atoms with Crippen molar-refractivity contribution in [1.29, 1.82) is 0 Å². The lowest BCUT2D eigenvalue weighted by Gasteiger charge is -2.28. The van der Waals surface area contributed by atoms with Gasteiger partial charge in [0, 0.05) is 48.7 Å². The van der Waals surface area contributed by atoms with Crippen LogP contribution in [0.4, 0.5) is 20.3 Å².